The molecule has 0 saturated carbocycles. The van der Waals surface area contributed by atoms with Crippen molar-refractivity contribution in [2.24, 2.45) is 5.41 Å². The monoisotopic (exact) mass is 398 g/mol. The third kappa shape index (κ3) is 5.50. The van der Waals surface area contributed by atoms with E-state index in [1.165, 1.54) is 19.1 Å². The Hall–Kier alpha value is -2.12. The summed E-state index contributed by atoms with van der Waals surface area (Å²) in [4.78, 5) is 21.6. The molecule has 1 aliphatic rings. The summed E-state index contributed by atoms with van der Waals surface area (Å²) in [7, 11) is 1.60. The van der Waals surface area contributed by atoms with Crippen molar-refractivity contribution in [3.05, 3.63) is 52.5 Å². The first kappa shape index (κ1) is 19.9. The van der Waals surface area contributed by atoms with Crippen LogP contribution in [0.3, 0.4) is 0 Å². The van der Waals surface area contributed by atoms with Gasteiger partial charge in [-0.05, 0) is 25.5 Å². The number of benzene rings is 1. The number of para-hydroxylation sites is 1. The van der Waals surface area contributed by atoms with Gasteiger partial charge < -0.3 is 19.7 Å². The SMILES string of the molecule is CC1(C(=O)O)CC(C(=O)O)=CC=C1Br.COCOc1ccccc1. The minimum Gasteiger partial charge on any atom is -0.481 e. The fourth-order valence-electron chi connectivity index (χ4n) is 1.85. The molecule has 24 heavy (non-hydrogen) atoms. The molecule has 2 rings (SSSR count). The Balaban J connectivity index is 0.000000254. The number of rotatable bonds is 5. The molecular weight excluding hydrogens is 380 g/mol. The Morgan fingerprint density at radius 3 is 2.33 bits per heavy atom. The van der Waals surface area contributed by atoms with Gasteiger partial charge in [0.25, 0.3) is 0 Å². The third-order valence-corrected chi connectivity index (χ3v) is 4.47. The maximum absolute atomic E-state index is 11.0. The van der Waals surface area contributed by atoms with Gasteiger partial charge in [-0.25, -0.2) is 4.79 Å². The van der Waals surface area contributed by atoms with Gasteiger partial charge in [0, 0.05) is 17.2 Å². The lowest BCUT2D eigenvalue weighted by atomic mass is 9.80. The quantitative estimate of drug-likeness (QED) is 0.737. The van der Waals surface area contributed by atoms with Gasteiger partial charge in [-0.15, -0.1) is 0 Å². The standard InChI is InChI=1S/C9H9BrO4.C8H10O2/c1-9(8(13)14)4-5(7(11)12)2-3-6(9)10;1-9-7-10-8-5-3-2-4-6-8/h2-3H,4H2,1H3,(H,11,12)(H,13,14);2-6H,7H2,1H3. The average Bonchev–Trinajstić information content (AvgIpc) is 2.56. The predicted molar refractivity (Wildman–Crippen MR) is 92.0 cm³/mol. The molecular formula is C17H19BrO6. The van der Waals surface area contributed by atoms with Crippen molar-refractivity contribution in [3.63, 3.8) is 0 Å². The molecule has 0 spiro atoms. The fourth-order valence-corrected chi connectivity index (χ4v) is 2.29. The molecule has 1 aliphatic carbocycles. The topological polar surface area (TPSA) is 93.1 Å². The molecule has 0 amide bonds. The van der Waals surface area contributed by atoms with Crippen LogP contribution in [0.2, 0.25) is 0 Å². The van der Waals surface area contributed by atoms with E-state index in [0.717, 1.165) is 5.75 Å². The molecule has 1 atom stereocenters. The molecule has 0 aliphatic heterocycles. The third-order valence-electron chi connectivity index (χ3n) is 3.34. The second-order valence-electron chi connectivity index (χ2n) is 5.19. The van der Waals surface area contributed by atoms with Crippen molar-refractivity contribution in [2.75, 3.05) is 13.9 Å². The van der Waals surface area contributed by atoms with Gasteiger partial charge in [-0.1, -0.05) is 46.3 Å². The lowest BCUT2D eigenvalue weighted by Crippen LogP contribution is -2.31. The Bertz CT molecular complexity index is 638. The van der Waals surface area contributed by atoms with Crippen LogP contribution in [0, 0.1) is 5.41 Å². The highest BCUT2D eigenvalue weighted by Gasteiger charge is 2.39. The molecule has 0 fully saturated rings. The molecule has 7 heteroatoms. The summed E-state index contributed by atoms with van der Waals surface area (Å²) < 4.78 is 10.3. The van der Waals surface area contributed by atoms with Crippen molar-refractivity contribution in [3.8, 4) is 5.75 Å². The summed E-state index contributed by atoms with van der Waals surface area (Å²) in [6.07, 6.45) is 2.88. The van der Waals surface area contributed by atoms with Crippen LogP contribution in [0.4, 0.5) is 0 Å². The number of halogens is 1. The summed E-state index contributed by atoms with van der Waals surface area (Å²) in [5.41, 5.74) is -1.05. The number of hydrogen-bond acceptors (Lipinski definition) is 4. The average molecular weight is 399 g/mol. The van der Waals surface area contributed by atoms with Crippen molar-refractivity contribution in [1.82, 2.24) is 0 Å². The maximum atomic E-state index is 11.0. The maximum Gasteiger partial charge on any atom is 0.331 e. The van der Waals surface area contributed by atoms with Crippen molar-refractivity contribution in [1.29, 1.82) is 0 Å². The van der Waals surface area contributed by atoms with E-state index in [4.69, 9.17) is 19.7 Å². The minimum absolute atomic E-state index is 0.00521. The van der Waals surface area contributed by atoms with E-state index < -0.39 is 17.4 Å². The first-order valence-electron chi connectivity index (χ1n) is 7.01. The van der Waals surface area contributed by atoms with Gasteiger partial charge >= 0.3 is 11.9 Å². The number of allylic oxidation sites excluding steroid dienone is 2. The highest BCUT2D eigenvalue weighted by atomic mass is 79.9. The lowest BCUT2D eigenvalue weighted by Gasteiger charge is -2.27. The zero-order chi connectivity index (χ0) is 18.2. The Labute approximate surface area is 148 Å². The van der Waals surface area contributed by atoms with Crippen LogP contribution in [-0.4, -0.2) is 36.1 Å². The van der Waals surface area contributed by atoms with Crippen LogP contribution in [0.25, 0.3) is 0 Å². The number of hydrogen-bond donors (Lipinski definition) is 2. The van der Waals surface area contributed by atoms with Crippen LogP contribution in [0.1, 0.15) is 13.3 Å². The summed E-state index contributed by atoms with van der Waals surface area (Å²) in [5.74, 6) is -1.27. The number of carboxylic acid groups (broad SMARTS) is 2. The van der Waals surface area contributed by atoms with Crippen molar-refractivity contribution in [2.45, 2.75) is 13.3 Å². The molecule has 6 nitrogen and oxygen atoms in total. The van der Waals surface area contributed by atoms with Gasteiger partial charge in [0.05, 0.1) is 0 Å². The number of ether oxygens (including phenoxy) is 2. The lowest BCUT2D eigenvalue weighted by molar-refractivity contribution is -0.145. The molecule has 2 N–H and O–H groups in total. The molecule has 1 unspecified atom stereocenters. The highest BCUT2D eigenvalue weighted by molar-refractivity contribution is 9.11. The van der Waals surface area contributed by atoms with Crippen molar-refractivity contribution >= 4 is 27.9 Å². The first-order valence-corrected chi connectivity index (χ1v) is 7.81. The van der Waals surface area contributed by atoms with Gasteiger partial charge in [0.2, 0.25) is 0 Å². The number of carboxylic acids is 2. The summed E-state index contributed by atoms with van der Waals surface area (Å²) >= 11 is 3.13. The second kappa shape index (κ2) is 9.24. The van der Waals surface area contributed by atoms with Gasteiger partial charge in [-0.3, -0.25) is 4.79 Å². The normalized spacial score (nSPS) is 19.3. The van der Waals surface area contributed by atoms with E-state index in [2.05, 4.69) is 15.9 Å². The molecule has 0 heterocycles. The molecule has 0 radical (unpaired) electrons. The highest BCUT2D eigenvalue weighted by Crippen LogP contribution is 2.41. The molecule has 1 aromatic rings. The van der Waals surface area contributed by atoms with Crippen LogP contribution in [-0.2, 0) is 14.3 Å². The van der Waals surface area contributed by atoms with Crippen LogP contribution >= 0.6 is 15.9 Å². The Kier molecular flexibility index (Phi) is 7.67. The largest absolute Gasteiger partial charge is 0.481 e. The fraction of sp³-hybridized carbons (Fsp3) is 0.294. The molecule has 0 bridgehead atoms. The van der Waals surface area contributed by atoms with Gasteiger partial charge in [0.1, 0.15) is 11.2 Å². The number of methoxy groups -OCH3 is 1. The van der Waals surface area contributed by atoms with E-state index >= 15 is 0 Å². The molecule has 1 aromatic carbocycles. The van der Waals surface area contributed by atoms with E-state index in [-0.39, 0.29) is 12.0 Å². The summed E-state index contributed by atoms with van der Waals surface area (Å²) in [5, 5.41) is 17.7. The number of aliphatic carboxylic acids is 2. The van der Waals surface area contributed by atoms with Crippen molar-refractivity contribution < 1.29 is 29.3 Å². The van der Waals surface area contributed by atoms with Crippen LogP contribution in [0.5, 0.6) is 5.75 Å². The minimum atomic E-state index is -1.16. The second-order valence-corrected chi connectivity index (χ2v) is 6.04. The van der Waals surface area contributed by atoms with E-state index in [0.29, 0.717) is 11.3 Å². The van der Waals surface area contributed by atoms with E-state index in [9.17, 15) is 9.59 Å². The van der Waals surface area contributed by atoms with Gasteiger partial charge in [-0.2, -0.15) is 0 Å². The summed E-state index contributed by atoms with van der Waals surface area (Å²) in [6.45, 7) is 1.80. The van der Waals surface area contributed by atoms with E-state index in [1.54, 1.807) is 7.11 Å². The molecule has 0 saturated heterocycles. The van der Waals surface area contributed by atoms with Gasteiger partial charge in [0.15, 0.2) is 6.79 Å². The zero-order valence-electron chi connectivity index (χ0n) is 13.4. The first-order chi connectivity index (χ1) is 11.3. The smallest absolute Gasteiger partial charge is 0.331 e. The van der Waals surface area contributed by atoms with E-state index in [1.807, 2.05) is 30.3 Å². The molecule has 0 aromatic heterocycles. The van der Waals surface area contributed by atoms with Crippen LogP contribution < -0.4 is 4.74 Å². The predicted octanol–water partition coefficient (Wildman–Crippen LogP) is 3.44. The molecule has 130 valence electrons. The zero-order valence-corrected chi connectivity index (χ0v) is 14.9. The van der Waals surface area contributed by atoms with Crippen LogP contribution in [0.15, 0.2) is 52.5 Å². The summed E-state index contributed by atoms with van der Waals surface area (Å²) in [6, 6.07) is 9.56. The Morgan fingerprint density at radius 2 is 1.83 bits per heavy atom. The Morgan fingerprint density at radius 1 is 1.21 bits per heavy atom. The number of carbonyl (C=O) groups is 2.